The van der Waals surface area contributed by atoms with Gasteiger partial charge in [0.05, 0.1) is 39.9 Å². The van der Waals surface area contributed by atoms with Crippen molar-refractivity contribution in [2.75, 3.05) is 40.9 Å². The van der Waals surface area contributed by atoms with Gasteiger partial charge in [0.15, 0.2) is 0 Å². The molecule has 0 rings (SSSR count). The number of quaternary nitrogens is 1. The van der Waals surface area contributed by atoms with Gasteiger partial charge in [-0.3, -0.25) is 9.36 Å². The second-order valence-electron chi connectivity index (χ2n) is 18.2. The minimum absolute atomic E-state index is 0.00403. The number of unbranched alkanes of at least 4 members (excludes halogenated alkanes) is 30. The third kappa shape index (κ3) is 43.1. The van der Waals surface area contributed by atoms with E-state index in [9.17, 15) is 19.4 Å². The number of allylic oxidation sites excluding steroid dienone is 3. The number of carbonyl (C=O) groups excluding carboxylic acids is 1. The van der Waals surface area contributed by atoms with Gasteiger partial charge in [-0.25, -0.2) is 0 Å². The molecule has 0 heterocycles. The fourth-order valence-corrected chi connectivity index (χ4v) is 7.95. The van der Waals surface area contributed by atoms with Crippen molar-refractivity contribution in [3.8, 4) is 0 Å². The van der Waals surface area contributed by atoms with Gasteiger partial charge in [0, 0.05) is 6.42 Å². The Balaban J connectivity index is 4.36. The summed E-state index contributed by atoms with van der Waals surface area (Å²) >= 11 is 0. The molecule has 3 unspecified atom stereocenters. The number of phosphoric acid groups is 1. The number of hydrogen-bond donors (Lipinski definition) is 2. The number of aliphatic hydroxyl groups is 1. The Bertz CT molecular complexity index is 1000. The Morgan fingerprint density at radius 2 is 0.966 bits per heavy atom. The highest BCUT2D eigenvalue weighted by atomic mass is 31.2. The molecule has 2 N–H and O–H groups in total. The van der Waals surface area contributed by atoms with Gasteiger partial charge < -0.3 is 28.8 Å². The molecule has 0 aromatic heterocycles. The normalized spacial score (nSPS) is 14.4. The molecule has 0 aromatic rings. The van der Waals surface area contributed by atoms with E-state index in [1.807, 2.05) is 27.2 Å². The standard InChI is InChI=1S/C49H97N2O6P/c1-6-8-10-12-14-16-18-20-22-24-25-27-29-31-33-35-37-39-41-43-49(53)50-47(46-57-58(54,55)56-45-44-51(3,4)5)48(52)42-40-38-36-34-32-30-28-26-23-21-19-17-15-13-11-9-7-2/h32,34,40,42,47-48,52H,6-31,33,35-39,41,43-46H2,1-5H3,(H-,50,53,54,55)/b34-32+,42-40+. The first-order valence-electron chi connectivity index (χ1n) is 24.7. The van der Waals surface area contributed by atoms with Gasteiger partial charge in [-0.2, -0.15) is 0 Å². The smallest absolute Gasteiger partial charge is 0.268 e. The molecule has 0 radical (unpaired) electrons. The molecule has 0 bridgehead atoms. The van der Waals surface area contributed by atoms with Crippen molar-refractivity contribution in [3.05, 3.63) is 24.3 Å². The van der Waals surface area contributed by atoms with Gasteiger partial charge in [-0.05, 0) is 32.1 Å². The van der Waals surface area contributed by atoms with Crippen molar-refractivity contribution in [3.63, 3.8) is 0 Å². The molecular weight excluding hydrogens is 744 g/mol. The number of likely N-dealkylation sites (N-methyl/N-ethyl adjacent to an activating group) is 1. The Labute approximate surface area is 360 Å². The van der Waals surface area contributed by atoms with Crippen molar-refractivity contribution in [1.29, 1.82) is 0 Å². The number of amides is 1. The highest BCUT2D eigenvalue weighted by Gasteiger charge is 2.23. The van der Waals surface area contributed by atoms with Crippen LogP contribution in [0.3, 0.4) is 0 Å². The summed E-state index contributed by atoms with van der Waals surface area (Å²) in [5, 5.41) is 13.8. The number of hydrogen-bond acceptors (Lipinski definition) is 6. The lowest BCUT2D eigenvalue weighted by Gasteiger charge is -2.29. The van der Waals surface area contributed by atoms with E-state index >= 15 is 0 Å². The average Bonchev–Trinajstić information content (AvgIpc) is 3.17. The number of rotatable bonds is 45. The van der Waals surface area contributed by atoms with Crippen LogP contribution in [-0.2, 0) is 18.4 Å². The highest BCUT2D eigenvalue weighted by Crippen LogP contribution is 2.38. The lowest BCUT2D eigenvalue weighted by molar-refractivity contribution is -0.870. The molecule has 3 atom stereocenters. The SMILES string of the molecule is CCCCCCCCCCCCC/C=C/CC/C=C/C(O)C(COP(=O)([O-])OCC[N+](C)(C)C)NC(=O)CCCCCCCCCCCCCCCCCCCCC. The van der Waals surface area contributed by atoms with Crippen LogP contribution in [0, 0.1) is 0 Å². The number of nitrogens with one attached hydrogen (secondary N) is 1. The zero-order valence-corrected chi connectivity index (χ0v) is 39.9. The minimum atomic E-state index is -4.59. The van der Waals surface area contributed by atoms with Gasteiger partial charge in [-0.15, -0.1) is 0 Å². The van der Waals surface area contributed by atoms with Crippen molar-refractivity contribution < 1.29 is 32.9 Å². The molecule has 0 fully saturated rings. The minimum Gasteiger partial charge on any atom is -0.756 e. The molecule has 0 saturated heterocycles. The summed E-state index contributed by atoms with van der Waals surface area (Å²) in [7, 11) is 1.25. The summed E-state index contributed by atoms with van der Waals surface area (Å²) in [4.78, 5) is 25.4. The number of carbonyl (C=O) groups is 1. The van der Waals surface area contributed by atoms with Gasteiger partial charge in [0.2, 0.25) is 5.91 Å². The van der Waals surface area contributed by atoms with E-state index in [0.29, 0.717) is 17.4 Å². The van der Waals surface area contributed by atoms with E-state index in [1.54, 1.807) is 6.08 Å². The molecular formula is C49H97N2O6P. The summed E-state index contributed by atoms with van der Waals surface area (Å²) in [6.07, 6.45) is 49.4. The third-order valence-corrected chi connectivity index (χ3v) is 12.1. The zero-order valence-electron chi connectivity index (χ0n) is 39.0. The quantitative estimate of drug-likeness (QED) is 0.0274. The fraction of sp³-hybridized carbons (Fsp3) is 0.898. The lowest BCUT2D eigenvalue weighted by Crippen LogP contribution is -2.45. The van der Waals surface area contributed by atoms with Crippen molar-refractivity contribution >= 4 is 13.7 Å². The van der Waals surface area contributed by atoms with E-state index < -0.39 is 20.0 Å². The van der Waals surface area contributed by atoms with Crippen molar-refractivity contribution in [1.82, 2.24) is 5.32 Å². The maximum absolute atomic E-state index is 12.9. The molecule has 0 aliphatic heterocycles. The van der Waals surface area contributed by atoms with Crippen LogP contribution >= 0.6 is 7.82 Å². The molecule has 9 heteroatoms. The van der Waals surface area contributed by atoms with Gasteiger partial charge in [-0.1, -0.05) is 218 Å². The molecule has 8 nitrogen and oxygen atoms in total. The first kappa shape index (κ1) is 57.0. The second kappa shape index (κ2) is 41.3. The molecule has 0 spiro atoms. The monoisotopic (exact) mass is 841 g/mol. The third-order valence-electron chi connectivity index (χ3n) is 11.2. The average molecular weight is 841 g/mol. The maximum Gasteiger partial charge on any atom is 0.268 e. The largest absolute Gasteiger partial charge is 0.756 e. The lowest BCUT2D eigenvalue weighted by atomic mass is 10.0. The first-order chi connectivity index (χ1) is 28.0. The Morgan fingerprint density at radius 1 is 0.586 bits per heavy atom. The number of nitrogens with zero attached hydrogens (tertiary/aromatic N) is 1. The van der Waals surface area contributed by atoms with Crippen LogP contribution in [0.25, 0.3) is 0 Å². The zero-order chi connectivity index (χ0) is 42.8. The molecule has 0 aliphatic rings. The van der Waals surface area contributed by atoms with E-state index in [0.717, 1.165) is 38.5 Å². The molecule has 0 aliphatic carbocycles. The Morgan fingerprint density at radius 3 is 1.40 bits per heavy atom. The summed E-state index contributed by atoms with van der Waals surface area (Å²) in [6, 6.07) is -0.898. The predicted molar refractivity (Wildman–Crippen MR) is 247 cm³/mol. The van der Waals surface area contributed by atoms with E-state index in [1.165, 1.54) is 173 Å². The fourth-order valence-electron chi connectivity index (χ4n) is 7.23. The van der Waals surface area contributed by atoms with E-state index in [4.69, 9.17) is 9.05 Å². The maximum atomic E-state index is 12.9. The topological polar surface area (TPSA) is 108 Å². The molecule has 0 saturated carbocycles. The van der Waals surface area contributed by atoms with Gasteiger partial charge >= 0.3 is 0 Å². The summed E-state index contributed by atoms with van der Waals surface area (Å²) in [5.74, 6) is -0.204. The van der Waals surface area contributed by atoms with Crippen molar-refractivity contribution in [2.45, 2.75) is 244 Å². The predicted octanol–water partition coefficient (Wildman–Crippen LogP) is 13.5. The second-order valence-corrected chi connectivity index (χ2v) is 19.6. The van der Waals surface area contributed by atoms with E-state index in [-0.39, 0.29) is 19.1 Å². The van der Waals surface area contributed by atoms with Crippen LogP contribution in [0.1, 0.15) is 232 Å². The summed E-state index contributed by atoms with van der Waals surface area (Å²) < 4.78 is 23.2. The first-order valence-corrected chi connectivity index (χ1v) is 26.2. The molecule has 58 heavy (non-hydrogen) atoms. The number of aliphatic hydroxyl groups excluding tert-OH is 1. The Kier molecular flexibility index (Phi) is 40.6. The van der Waals surface area contributed by atoms with Crippen LogP contribution in [0.5, 0.6) is 0 Å². The summed E-state index contributed by atoms with van der Waals surface area (Å²) in [6.45, 7) is 4.65. The van der Waals surface area contributed by atoms with Crippen LogP contribution in [-0.4, -0.2) is 68.5 Å². The van der Waals surface area contributed by atoms with Gasteiger partial charge in [0.1, 0.15) is 13.2 Å². The van der Waals surface area contributed by atoms with Crippen LogP contribution in [0.2, 0.25) is 0 Å². The molecule has 344 valence electrons. The molecule has 1 amide bonds. The van der Waals surface area contributed by atoms with Gasteiger partial charge in [0.25, 0.3) is 7.82 Å². The van der Waals surface area contributed by atoms with Crippen LogP contribution in [0.4, 0.5) is 0 Å². The molecule has 0 aromatic carbocycles. The Hall–Kier alpha value is -1.02. The van der Waals surface area contributed by atoms with E-state index in [2.05, 4.69) is 31.3 Å². The number of phosphoric ester groups is 1. The summed E-state index contributed by atoms with van der Waals surface area (Å²) in [5.41, 5.74) is 0. The van der Waals surface area contributed by atoms with Crippen molar-refractivity contribution in [2.24, 2.45) is 0 Å². The highest BCUT2D eigenvalue weighted by molar-refractivity contribution is 7.45. The van der Waals surface area contributed by atoms with Crippen LogP contribution in [0.15, 0.2) is 24.3 Å². The van der Waals surface area contributed by atoms with Crippen LogP contribution < -0.4 is 10.2 Å².